The second kappa shape index (κ2) is 74.4. The molecular formula is C84H155NO8P+. The highest BCUT2D eigenvalue weighted by Crippen LogP contribution is 2.43. The fourth-order valence-corrected chi connectivity index (χ4v) is 12.5. The van der Waals surface area contributed by atoms with Gasteiger partial charge in [0, 0.05) is 12.8 Å². The van der Waals surface area contributed by atoms with Crippen molar-refractivity contribution in [3.8, 4) is 0 Å². The third-order valence-corrected chi connectivity index (χ3v) is 18.9. The Morgan fingerprint density at radius 3 is 0.904 bits per heavy atom. The van der Waals surface area contributed by atoms with E-state index in [1.807, 2.05) is 21.1 Å². The molecule has 0 saturated heterocycles. The van der Waals surface area contributed by atoms with E-state index in [2.05, 4.69) is 98.9 Å². The van der Waals surface area contributed by atoms with E-state index in [1.54, 1.807) is 0 Å². The van der Waals surface area contributed by atoms with Crippen molar-refractivity contribution in [2.75, 3.05) is 47.5 Å². The summed E-state index contributed by atoms with van der Waals surface area (Å²) in [6.07, 6.45) is 103. The Hall–Kier alpha value is -2.81. The Morgan fingerprint density at radius 1 is 0.340 bits per heavy atom. The van der Waals surface area contributed by atoms with Crippen LogP contribution in [-0.2, 0) is 32.7 Å². The minimum Gasteiger partial charge on any atom is -0.462 e. The molecule has 0 spiro atoms. The maximum absolute atomic E-state index is 12.9. The predicted octanol–water partition coefficient (Wildman–Crippen LogP) is 26.8. The molecule has 0 saturated carbocycles. The van der Waals surface area contributed by atoms with Gasteiger partial charge < -0.3 is 18.9 Å². The smallest absolute Gasteiger partial charge is 0.462 e. The first-order chi connectivity index (χ1) is 46.0. The summed E-state index contributed by atoms with van der Waals surface area (Å²) in [5.74, 6) is -0.780. The van der Waals surface area contributed by atoms with Gasteiger partial charge in [-0.25, -0.2) is 4.57 Å². The molecule has 0 aliphatic heterocycles. The van der Waals surface area contributed by atoms with Crippen LogP contribution in [0, 0.1) is 0 Å². The first-order valence-corrected chi connectivity index (χ1v) is 41.8. The summed E-state index contributed by atoms with van der Waals surface area (Å²) >= 11 is 0. The Balaban J connectivity index is 3.90. The number of ether oxygens (including phenoxy) is 2. The molecule has 0 heterocycles. The fraction of sp³-hybridized carbons (Fsp3) is 0.810. The van der Waals surface area contributed by atoms with E-state index in [9.17, 15) is 19.0 Å². The summed E-state index contributed by atoms with van der Waals surface area (Å²) in [6.45, 7) is 4.37. The van der Waals surface area contributed by atoms with E-state index in [0.717, 1.165) is 70.6 Å². The predicted molar refractivity (Wildman–Crippen MR) is 409 cm³/mol. The molecule has 2 atom stereocenters. The number of phosphoric acid groups is 1. The lowest BCUT2D eigenvalue weighted by molar-refractivity contribution is -0.870. The lowest BCUT2D eigenvalue weighted by atomic mass is 10.0. The molecule has 0 aliphatic carbocycles. The molecule has 2 unspecified atom stereocenters. The third-order valence-electron chi connectivity index (χ3n) is 17.9. The number of quaternary nitrogens is 1. The molecule has 0 aromatic heterocycles. The number of unbranched alkanes of at least 4 members (excludes halogenated alkanes) is 47. The maximum atomic E-state index is 12.9. The van der Waals surface area contributed by atoms with Gasteiger partial charge in [-0.15, -0.1) is 0 Å². The van der Waals surface area contributed by atoms with E-state index in [-0.39, 0.29) is 32.0 Å². The van der Waals surface area contributed by atoms with E-state index in [4.69, 9.17) is 18.5 Å². The highest BCUT2D eigenvalue weighted by Gasteiger charge is 2.27. The SMILES string of the molecule is CC/C=C\C/C=C\C/C=C\C/C=C\CCCCCCCCCCCCCCCCCCCCCCCCCCCCCCC(=O)OC(COC(=O)CCCCCCCCCCCCCCCC/C=C\C/C=C\C/C=C\CCCCCCC)COP(=O)(O)OCC[N+](C)(C)C. The summed E-state index contributed by atoms with van der Waals surface area (Å²) < 4.78 is 34.8. The molecule has 1 N–H and O–H groups in total. The molecule has 0 amide bonds. The minimum atomic E-state index is -4.40. The Bertz CT molecular complexity index is 1860. The molecule has 0 aliphatic rings. The highest BCUT2D eigenvalue weighted by atomic mass is 31.2. The molecule has 10 heteroatoms. The number of likely N-dealkylation sites (N-methyl/N-ethyl adjacent to an activating group) is 1. The maximum Gasteiger partial charge on any atom is 0.472 e. The Labute approximate surface area is 583 Å². The summed E-state index contributed by atoms with van der Waals surface area (Å²) in [5.41, 5.74) is 0. The molecule has 0 aromatic rings. The van der Waals surface area contributed by atoms with Gasteiger partial charge in [-0.2, -0.15) is 0 Å². The van der Waals surface area contributed by atoms with Crippen molar-refractivity contribution < 1.29 is 42.1 Å². The summed E-state index contributed by atoms with van der Waals surface area (Å²) in [4.78, 5) is 36.0. The number of esters is 2. The topological polar surface area (TPSA) is 108 Å². The molecule has 0 rings (SSSR count). The van der Waals surface area contributed by atoms with Crippen molar-refractivity contribution in [1.29, 1.82) is 0 Å². The van der Waals surface area contributed by atoms with Gasteiger partial charge in [0.1, 0.15) is 19.8 Å². The molecule has 9 nitrogen and oxygen atoms in total. The van der Waals surface area contributed by atoms with Gasteiger partial charge in [-0.1, -0.05) is 369 Å². The second-order valence-corrected chi connectivity index (χ2v) is 29.9. The number of rotatable bonds is 75. The molecule has 94 heavy (non-hydrogen) atoms. The van der Waals surface area contributed by atoms with Crippen LogP contribution < -0.4 is 0 Å². The normalized spacial score (nSPS) is 13.5. The van der Waals surface area contributed by atoms with Gasteiger partial charge in [-0.05, 0) is 89.9 Å². The fourth-order valence-electron chi connectivity index (χ4n) is 11.8. The monoisotopic (exact) mass is 1340 g/mol. The van der Waals surface area contributed by atoms with Crippen LogP contribution >= 0.6 is 7.82 Å². The Morgan fingerprint density at radius 2 is 0.606 bits per heavy atom. The lowest BCUT2D eigenvalue weighted by Gasteiger charge is -2.24. The van der Waals surface area contributed by atoms with Crippen LogP contribution in [0.1, 0.15) is 386 Å². The molecule has 0 radical (unpaired) electrons. The van der Waals surface area contributed by atoms with Crippen LogP contribution in [0.15, 0.2) is 85.1 Å². The van der Waals surface area contributed by atoms with Crippen LogP contribution in [-0.4, -0.2) is 74.9 Å². The van der Waals surface area contributed by atoms with Gasteiger partial charge in [0.15, 0.2) is 6.10 Å². The average molecular weight is 1340 g/mol. The van der Waals surface area contributed by atoms with E-state index in [0.29, 0.717) is 17.4 Å². The van der Waals surface area contributed by atoms with Crippen LogP contribution in [0.4, 0.5) is 0 Å². The number of nitrogens with zero attached hydrogens (tertiary/aromatic N) is 1. The Kier molecular flexibility index (Phi) is 72.2. The van der Waals surface area contributed by atoms with Crippen molar-refractivity contribution in [2.24, 2.45) is 0 Å². The average Bonchev–Trinajstić information content (AvgIpc) is 1.57. The van der Waals surface area contributed by atoms with E-state index >= 15 is 0 Å². The first kappa shape index (κ1) is 91.2. The number of hydrogen-bond acceptors (Lipinski definition) is 7. The summed E-state index contributed by atoms with van der Waals surface area (Å²) in [5, 5.41) is 0. The second-order valence-electron chi connectivity index (χ2n) is 28.4. The van der Waals surface area contributed by atoms with Crippen LogP contribution in [0.2, 0.25) is 0 Å². The third kappa shape index (κ3) is 78.2. The van der Waals surface area contributed by atoms with Gasteiger partial charge >= 0.3 is 19.8 Å². The number of phosphoric ester groups is 1. The zero-order valence-electron chi connectivity index (χ0n) is 62.7. The number of carbonyl (C=O) groups excluding carboxylic acids is 2. The summed E-state index contributed by atoms with van der Waals surface area (Å²) in [6, 6.07) is 0. The van der Waals surface area contributed by atoms with E-state index < -0.39 is 26.5 Å². The standard InChI is InChI=1S/C84H154NO8P/c1-6-8-10-12-14-16-18-20-22-24-26-28-30-32-34-36-37-38-39-40-41-42-43-44-45-46-47-49-51-53-55-57-59-61-63-65-67-69-71-73-75-77-84(87)93-82(81-92-94(88,89)91-79-78-85(3,4)5)80-90-83(86)76-74-72-70-68-66-64-62-60-58-56-54-52-50-48-35-33-31-29-27-25-23-21-19-17-15-13-11-9-7-2/h8,10,14,16,19-22,25-28,31,33,82H,6-7,9,11-13,15,17-18,23-24,29-30,32,34-81H2,1-5H3/p+1/b10-8-,16-14-,21-19-,22-20-,27-25-,28-26-,33-31-. The molecule has 548 valence electrons. The van der Waals surface area contributed by atoms with Crippen molar-refractivity contribution >= 4 is 19.8 Å². The minimum absolute atomic E-state index is 0.0323. The van der Waals surface area contributed by atoms with Crippen LogP contribution in [0.25, 0.3) is 0 Å². The van der Waals surface area contributed by atoms with Gasteiger partial charge in [0.2, 0.25) is 0 Å². The van der Waals surface area contributed by atoms with E-state index in [1.165, 1.54) is 283 Å². The number of hydrogen-bond donors (Lipinski definition) is 1. The van der Waals surface area contributed by atoms with Crippen molar-refractivity contribution in [2.45, 2.75) is 392 Å². The molecular weight excluding hydrogens is 1180 g/mol. The van der Waals surface area contributed by atoms with Gasteiger partial charge in [0.25, 0.3) is 0 Å². The zero-order valence-corrected chi connectivity index (χ0v) is 63.6. The lowest BCUT2D eigenvalue weighted by Crippen LogP contribution is -2.37. The van der Waals surface area contributed by atoms with Gasteiger partial charge in [-0.3, -0.25) is 18.6 Å². The molecule has 0 aromatic carbocycles. The highest BCUT2D eigenvalue weighted by molar-refractivity contribution is 7.47. The largest absolute Gasteiger partial charge is 0.472 e. The number of allylic oxidation sites excluding steroid dienone is 14. The molecule has 0 bridgehead atoms. The quantitative estimate of drug-likeness (QED) is 0.0211. The van der Waals surface area contributed by atoms with Crippen molar-refractivity contribution in [3.05, 3.63) is 85.1 Å². The van der Waals surface area contributed by atoms with Gasteiger partial charge in [0.05, 0.1) is 27.7 Å². The summed E-state index contributed by atoms with van der Waals surface area (Å²) in [7, 11) is 1.49. The van der Waals surface area contributed by atoms with Crippen molar-refractivity contribution in [1.82, 2.24) is 0 Å². The molecule has 0 fully saturated rings. The van der Waals surface area contributed by atoms with Crippen LogP contribution in [0.5, 0.6) is 0 Å². The zero-order chi connectivity index (χ0) is 68.3. The van der Waals surface area contributed by atoms with Crippen LogP contribution in [0.3, 0.4) is 0 Å². The first-order valence-electron chi connectivity index (χ1n) is 40.3. The van der Waals surface area contributed by atoms with Crippen molar-refractivity contribution in [3.63, 3.8) is 0 Å². The number of carbonyl (C=O) groups is 2.